The summed E-state index contributed by atoms with van der Waals surface area (Å²) < 4.78 is 5.30. The molecule has 1 amide bonds. The van der Waals surface area contributed by atoms with Gasteiger partial charge in [-0.25, -0.2) is 14.8 Å². The number of para-hydroxylation sites is 1. The molecule has 0 bridgehead atoms. The average Bonchev–Trinajstić information content (AvgIpc) is 2.78. The van der Waals surface area contributed by atoms with Crippen LogP contribution in [0, 0.1) is 5.41 Å². The normalized spacial score (nSPS) is 11.1. The molecule has 0 spiro atoms. The predicted molar refractivity (Wildman–Crippen MR) is 134 cm³/mol. The maximum Gasteiger partial charge on any atom is 0.412 e. The fraction of sp³-hybridized carbons (Fsp3) is 0.154. The molecule has 34 heavy (non-hydrogen) atoms. The van der Waals surface area contributed by atoms with Crippen LogP contribution in [0.4, 0.5) is 22.0 Å². The SMILES string of the molecule is CC(C)(C)OC(=O)Nc1ccc(Nc2nc(-c3cccc(O)c3)nc3ccccc23)cc1C=N. The lowest BCUT2D eigenvalue weighted by molar-refractivity contribution is 0.0636. The van der Waals surface area contributed by atoms with Crippen molar-refractivity contribution in [2.24, 2.45) is 0 Å². The minimum atomic E-state index is -0.627. The van der Waals surface area contributed by atoms with E-state index in [1.165, 1.54) is 0 Å². The van der Waals surface area contributed by atoms with Crippen LogP contribution in [0.5, 0.6) is 5.75 Å². The molecule has 8 nitrogen and oxygen atoms in total. The zero-order valence-corrected chi connectivity index (χ0v) is 19.1. The number of fused-ring (bicyclic) bond motifs is 1. The molecule has 0 aliphatic rings. The number of benzene rings is 3. The number of carbonyl (C=O) groups excluding carboxylic acids is 1. The Morgan fingerprint density at radius 2 is 1.82 bits per heavy atom. The molecule has 0 aliphatic heterocycles. The van der Waals surface area contributed by atoms with Crippen molar-refractivity contribution in [1.82, 2.24) is 9.97 Å². The number of hydrogen-bond donors (Lipinski definition) is 4. The van der Waals surface area contributed by atoms with Crippen molar-refractivity contribution in [3.8, 4) is 17.1 Å². The number of nitrogens with zero attached hydrogens (tertiary/aromatic N) is 2. The number of nitrogens with one attached hydrogen (secondary N) is 3. The van der Waals surface area contributed by atoms with Crippen LogP contribution < -0.4 is 10.6 Å². The highest BCUT2D eigenvalue weighted by Crippen LogP contribution is 2.29. The van der Waals surface area contributed by atoms with Crippen LogP contribution in [-0.2, 0) is 4.74 Å². The van der Waals surface area contributed by atoms with Gasteiger partial charge >= 0.3 is 6.09 Å². The van der Waals surface area contributed by atoms with Crippen LogP contribution in [0.25, 0.3) is 22.3 Å². The number of hydrogen-bond acceptors (Lipinski definition) is 7. The third-order valence-electron chi connectivity index (χ3n) is 4.81. The Labute approximate surface area is 197 Å². The number of phenols is 1. The van der Waals surface area contributed by atoms with E-state index in [0.717, 1.165) is 17.1 Å². The Bertz CT molecular complexity index is 1380. The van der Waals surface area contributed by atoms with Gasteiger partial charge in [0.15, 0.2) is 5.82 Å². The van der Waals surface area contributed by atoms with Crippen molar-refractivity contribution in [2.45, 2.75) is 26.4 Å². The molecule has 0 saturated heterocycles. The molecule has 4 N–H and O–H groups in total. The second-order valence-electron chi connectivity index (χ2n) is 8.66. The summed E-state index contributed by atoms with van der Waals surface area (Å²) in [7, 11) is 0. The van der Waals surface area contributed by atoms with E-state index >= 15 is 0 Å². The highest BCUT2D eigenvalue weighted by atomic mass is 16.6. The van der Waals surface area contributed by atoms with Crippen molar-refractivity contribution < 1.29 is 14.6 Å². The number of amides is 1. The fourth-order valence-electron chi connectivity index (χ4n) is 3.37. The molecule has 0 fully saturated rings. The van der Waals surface area contributed by atoms with Crippen molar-refractivity contribution in [1.29, 1.82) is 5.41 Å². The first-order valence-electron chi connectivity index (χ1n) is 10.7. The Morgan fingerprint density at radius 3 is 2.56 bits per heavy atom. The number of ether oxygens (including phenoxy) is 1. The van der Waals surface area contributed by atoms with Crippen LogP contribution in [0.2, 0.25) is 0 Å². The van der Waals surface area contributed by atoms with Gasteiger partial charge in [0.05, 0.1) is 11.2 Å². The summed E-state index contributed by atoms with van der Waals surface area (Å²) in [5.74, 6) is 1.17. The van der Waals surface area contributed by atoms with Crippen molar-refractivity contribution >= 4 is 40.4 Å². The number of aromatic hydroxyl groups is 1. The summed E-state index contributed by atoms with van der Waals surface area (Å²) in [6, 6.07) is 19.6. The number of anilines is 3. The molecule has 4 rings (SSSR count). The topological polar surface area (TPSA) is 120 Å². The first-order valence-corrected chi connectivity index (χ1v) is 10.7. The maximum absolute atomic E-state index is 12.2. The summed E-state index contributed by atoms with van der Waals surface area (Å²) in [4.78, 5) is 21.5. The summed E-state index contributed by atoms with van der Waals surface area (Å²) in [5.41, 5.74) is 2.45. The molecule has 0 saturated carbocycles. The van der Waals surface area contributed by atoms with Gasteiger partial charge < -0.3 is 20.6 Å². The Morgan fingerprint density at radius 1 is 1.03 bits per heavy atom. The van der Waals surface area contributed by atoms with E-state index < -0.39 is 11.7 Å². The Hall–Kier alpha value is -4.46. The minimum Gasteiger partial charge on any atom is -0.508 e. The third kappa shape index (κ3) is 5.29. The zero-order chi connectivity index (χ0) is 24.3. The molecule has 4 aromatic rings. The summed E-state index contributed by atoms with van der Waals surface area (Å²) in [6.45, 7) is 5.36. The molecule has 8 heteroatoms. The second-order valence-corrected chi connectivity index (χ2v) is 8.66. The van der Waals surface area contributed by atoms with Crippen LogP contribution in [-0.4, -0.2) is 33.0 Å². The number of phenolic OH excluding ortho intramolecular Hbond substituents is 1. The van der Waals surface area contributed by atoms with Crippen LogP contribution in [0.3, 0.4) is 0 Å². The number of rotatable bonds is 5. The van der Waals surface area contributed by atoms with Crippen LogP contribution in [0.15, 0.2) is 66.7 Å². The summed E-state index contributed by atoms with van der Waals surface area (Å²) in [5, 5.41) is 24.5. The van der Waals surface area contributed by atoms with Crippen LogP contribution >= 0.6 is 0 Å². The zero-order valence-electron chi connectivity index (χ0n) is 19.1. The molecule has 1 heterocycles. The third-order valence-corrected chi connectivity index (χ3v) is 4.81. The average molecular weight is 456 g/mol. The molecular formula is C26H25N5O3. The van der Waals surface area contributed by atoms with Gasteiger partial charge in [0.1, 0.15) is 17.2 Å². The first-order chi connectivity index (χ1) is 16.2. The van der Waals surface area contributed by atoms with Crippen LogP contribution in [0.1, 0.15) is 26.3 Å². The summed E-state index contributed by atoms with van der Waals surface area (Å²) >= 11 is 0. The van der Waals surface area contributed by atoms with E-state index in [-0.39, 0.29) is 5.75 Å². The van der Waals surface area contributed by atoms with E-state index in [9.17, 15) is 9.90 Å². The van der Waals surface area contributed by atoms with E-state index in [0.29, 0.717) is 34.1 Å². The molecular weight excluding hydrogens is 430 g/mol. The molecule has 0 unspecified atom stereocenters. The summed E-state index contributed by atoms with van der Waals surface area (Å²) in [6.07, 6.45) is 0.572. The van der Waals surface area contributed by atoms with E-state index in [4.69, 9.17) is 15.1 Å². The van der Waals surface area contributed by atoms with Gasteiger partial charge in [-0.2, -0.15) is 0 Å². The van der Waals surface area contributed by atoms with Gasteiger partial charge in [0, 0.05) is 28.4 Å². The largest absolute Gasteiger partial charge is 0.508 e. The highest BCUT2D eigenvalue weighted by molar-refractivity contribution is 5.96. The van der Waals surface area contributed by atoms with Gasteiger partial charge in [0.2, 0.25) is 0 Å². The molecule has 0 aliphatic carbocycles. The van der Waals surface area contributed by atoms with Crippen molar-refractivity contribution in [3.05, 3.63) is 72.3 Å². The Balaban J connectivity index is 1.68. The minimum absolute atomic E-state index is 0.132. The lowest BCUT2D eigenvalue weighted by Gasteiger charge is -2.20. The molecule has 3 aromatic carbocycles. The van der Waals surface area contributed by atoms with Gasteiger partial charge in [-0.3, -0.25) is 5.32 Å². The smallest absolute Gasteiger partial charge is 0.412 e. The maximum atomic E-state index is 12.2. The number of carbonyl (C=O) groups is 1. The fourth-order valence-corrected chi connectivity index (χ4v) is 3.37. The van der Waals surface area contributed by atoms with Gasteiger partial charge in [0.25, 0.3) is 0 Å². The molecule has 172 valence electrons. The standard InChI is InChI=1S/C26H25N5O3/c1-26(2,3)34-25(33)30-21-12-11-18(13-17(21)15-27)28-24-20-9-4-5-10-22(20)29-23(31-24)16-7-6-8-19(32)14-16/h4-15,27,32H,1-3H3,(H,30,33)(H,28,29,31). The first kappa shape index (κ1) is 22.7. The second kappa shape index (κ2) is 9.19. The van der Waals surface area contributed by atoms with Crippen molar-refractivity contribution in [3.63, 3.8) is 0 Å². The Kier molecular flexibility index (Phi) is 6.14. The van der Waals surface area contributed by atoms with E-state index in [1.807, 2.05) is 30.3 Å². The van der Waals surface area contributed by atoms with Gasteiger partial charge in [-0.05, 0) is 63.2 Å². The monoisotopic (exact) mass is 455 g/mol. The highest BCUT2D eigenvalue weighted by Gasteiger charge is 2.17. The molecule has 0 atom stereocenters. The molecule has 1 aromatic heterocycles. The predicted octanol–water partition coefficient (Wildman–Crippen LogP) is 6.09. The van der Waals surface area contributed by atoms with E-state index in [1.54, 1.807) is 57.2 Å². The quantitative estimate of drug-likeness (QED) is 0.270. The van der Waals surface area contributed by atoms with Gasteiger partial charge in [-0.15, -0.1) is 0 Å². The van der Waals surface area contributed by atoms with Gasteiger partial charge in [-0.1, -0.05) is 24.3 Å². The van der Waals surface area contributed by atoms with Crippen molar-refractivity contribution in [2.75, 3.05) is 10.6 Å². The lowest BCUT2D eigenvalue weighted by Crippen LogP contribution is -2.27. The van der Waals surface area contributed by atoms with E-state index in [2.05, 4.69) is 15.6 Å². The number of aromatic nitrogens is 2. The molecule has 0 radical (unpaired) electrons. The lowest BCUT2D eigenvalue weighted by atomic mass is 10.1.